The van der Waals surface area contributed by atoms with Crippen molar-refractivity contribution in [1.82, 2.24) is 0 Å². The SMILES string of the molecule is C=CC(C)(CC)C1=CC2CC3C=C([C@@H](C)CC)C=C(CC4C=C([C@@H](C)CC)C=C(CC5=CC(C(C)(C)CC)=CC(CC6=CC([C@@H](C)CC)=CC(CC7=CC(C(C)(C)CC)=CC(CC8C=C(C(C)(C)CC)C=C(CC9C=C(C(C)(C)CC)C=C(CC(=C1)C2O)C9O)C8O)C7O)C6O)C5O)C4O)C3O. The van der Waals surface area contributed by atoms with Gasteiger partial charge in [-0.15, -0.1) is 6.58 Å². The Morgan fingerprint density at radius 3 is 0.833 bits per heavy atom. The van der Waals surface area contributed by atoms with Crippen LogP contribution in [0.4, 0.5) is 0 Å². The summed E-state index contributed by atoms with van der Waals surface area (Å²) < 4.78 is 0. The molecule has 8 heteroatoms. The van der Waals surface area contributed by atoms with E-state index in [-0.39, 0.29) is 74.9 Å². The van der Waals surface area contributed by atoms with E-state index < -0.39 is 66.1 Å². The molecule has 8 nitrogen and oxygen atoms in total. The predicted molar refractivity (Wildman–Crippen MR) is 425 cm³/mol. The van der Waals surface area contributed by atoms with Crippen LogP contribution in [0.25, 0.3) is 0 Å². The molecule has 1 fully saturated rings. The van der Waals surface area contributed by atoms with Crippen molar-refractivity contribution in [3.8, 4) is 0 Å². The highest BCUT2D eigenvalue weighted by Crippen LogP contribution is 2.52. The van der Waals surface area contributed by atoms with E-state index >= 15 is 0 Å². The fourth-order valence-electron chi connectivity index (χ4n) is 17.5. The molecule has 562 valence electrons. The summed E-state index contributed by atoms with van der Waals surface area (Å²) in [6, 6.07) is 0. The Bertz CT molecular complexity index is 3610. The van der Waals surface area contributed by atoms with Crippen molar-refractivity contribution in [1.29, 1.82) is 0 Å². The molecule has 0 saturated heterocycles. The zero-order valence-corrected chi connectivity index (χ0v) is 66.9. The first-order valence-electron chi connectivity index (χ1n) is 40.4. The van der Waals surface area contributed by atoms with E-state index in [1.807, 2.05) is 6.08 Å². The molecule has 102 heavy (non-hydrogen) atoms. The zero-order chi connectivity index (χ0) is 75.0. The Labute approximate surface area is 618 Å². The first-order chi connectivity index (χ1) is 47.9. The van der Waals surface area contributed by atoms with Gasteiger partial charge in [-0.3, -0.25) is 0 Å². The van der Waals surface area contributed by atoms with E-state index in [1.165, 1.54) is 0 Å². The summed E-state index contributed by atoms with van der Waals surface area (Å²) in [6.07, 6.45) is 40.8. The summed E-state index contributed by atoms with van der Waals surface area (Å²) in [5.74, 6) is -2.40. The van der Waals surface area contributed by atoms with Gasteiger partial charge in [-0.2, -0.15) is 0 Å². The van der Waals surface area contributed by atoms with Gasteiger partial charge in [0.2, 0.25) is 0 Å². The molecule has 9 aliphatic rings. The lowest BCUT2D eigenvalue weighted by molar-refractivity contribution is 0.0964. The molecule has 9 rings (SSSR count). The van der Waals surface area contributed by atoms with Gasteiger partial charge in [0, 0.05) is 52.8 Å². The molecule has 8 N–H and O–H groups in total. The van der Waals surface area contributed by atoms with Crippen LogP contribution in [0.3, 0.4) is 0 Å². The van der Waals surface area contributed by atoms with Crippen molar-refractivity contribution < 1.29 is 40.9 Å². The Balaban J connectivity index is 1.20. The van der Waals surface area contributed by atoms with Crippen LogP contribution in [0.15, 0.2) is 199 Å². The summed E-state index contributed by atoms with van der Waals surface area (Å²) in [5, 5.41) is 105. The summed E-state index contributed by atoms with van der Waals surface area (Å²) in [5.41, 5.74) is 14.5. The number of aliphatic hydroxyl groups is 8. The molecule has 0 radical (unpaired) electrons. The van der Waals surface area contributed by atoms with E-state index in [1.54, 1.807) is 0 Å². The van der Waals surface area contributed by atoms with Gasteiger partial charge in [-0.05, 0) is 231 Å². The summed E-state index contributed by atoms with van der Waals surface area (Å²) >= 11 is 0. The van der Waals surface area contributed by atoms with Gasteiger partial charge in [0.1, 0.15) is 0 Å². The highest BCUT2D eigenvalue weighted by atomic mass is 16.3. The van der Waals surface area contributed by atoms with E-state index in [4.69, 9.17) is 0 Å². The van der Waals surface area contributed by atoms with Gasteiger partial charge in [-0.1, -0.05) is 242 Å². The maximum absolute atomic E-state index is 13.2. The summed E-state index contributed by atoms with van der Waals surface area (Å²) in [4.78, 5) is 0. The fourth-order valence-corrected chi connectivity index (χ4v) is 17.5. The minimum Gasteiger partial charge on any atom is -0.388 e. The van der Waals surface area contributed by atoms with E-state index in [2.05, 4.69) is 242 Å². The van der Waals surface area contributed by atoms with Crippen LogP contribution in [0, 0.1) is 92.2 Å². The summed E-state index contributed by atoms with van der Waals surface area (Å²) in [7, 11) is 0. The number of fused-ring (bicyclic) bond motifs is 16. The van der Waals surface area contributed by atoms with Gasteiger partial charge in [0.05, 0.1) is 48.8 Å². The van der Waals surface area contributed by atoms with E-state index in [0.29, 0.717) is 51.4 Å². The van der Waals surface area contributed by atoms with Crippen LogP contribution in [0.1, 0.15) is 241 Å². The van der Waals surface area contributed by atoms with Crippen molar-refractivity contribution in [2.24, 2.45) is 92.2 Å². The highest BCUT2D eigenvalue weighted by molar-refractivity contribution is 5.49. The molecule has 0 aromatic carbocycles. The molecule has 20 atom stereocenters. The second kappa shape index (κ2) is 32.8. The molecule has 0 amide bonds. The lowest BCUT2D eigenvalue weighted by atomic mass is 9.67. The van der Waals surface area contributed by atoms with Crippen molar-refractivity contribution in [3.05, 3.63) is 199 Å². The topological polar surface area (TPSA) is 162 Å². The Morgan fingerprint density at radius 2 is 0.529 bits per heavy atom. The zero-order valence-electron chi connectivity index (χ0n) is 66.9. The van der Waals surface area contributed by atoms with Gasteiger partial charge >= 0.3 is 0 Å². The third-order valence-corrected chi connectivity index (χ3v) is 28.1. The molecule has 0 aliphatic heterocycles. The van der Waals surface area contributed by atoms with Crippen LogP contribution >= 0.6 is 0 Å². The molecule has 16 bridgehead atoms. The van der Waals surface area contributed by atoms with Crippen molar-refractivity contribution in [2.45, 2.75) is 290 Å². The highest BCUT2D eigenvalue weighted by Gasteiger charge is 2.44. The van der Waals surface area contributed by atoms with Crippen LogP contribution < -0.4 is 0 Å². The molecule has 1 saturated carbocycles. The molecule has 0 spiro atoms. The number of aliphatic hydroxyl groups excluding tert-OH is 8. The number of hydrogen-bond acceptors (Lipinski definition) is 8. The standard InChI is InChI=1S/C94H138O8/c1-22-55(10)58-31-61-37-62-32-59(56(11)23-2)36-66(83(62)96)41-75-53-81(94(21,29-8)30-9)54-76(89(75)102)44-74-52-80(93(19,20)28-7)51-73(88(74)101)43-72-50-79(92(17,18)27-6)49-71(87(72)100)42-70-48-78(91(15,16)26-5)47-69(86(70)99)40-65-35-60(57(12)24-3)34-64(84(65)97)39-68-46-77(90(13,14)25-4)45-67(85(68)98)38-63(33-58)82(61)95/h29,31-36,45-57,61,65-66,68,70-71,73,75,82-89,95-102H,8,22-28,30,37-44H2,1-7,9-21H3/t55-,56-,57-,61?,65?,66?,68?,70?,71?,73?,75?,82?,83?,84?,85?,86?,87?,88?,89?,94?/m0/s1. The Kier molecular flexibility index (Phi) is 26.1. The molecular weight excluding hydrogens is 1260 g/mol. The number of hydrogen-bond donors (Lipinski definition) is 8. The van der Waals surface area contributed by atoms with Crippen LogP contribution in [0.2, 0.25) is 0 Å². The average molecular weight is 1400 g/mol. The molecule has 9 aliphatic carbocycles. The van der Waals surface area contributed by atoms with Crippen LogP contribution in [-0.4, -0.2) is 89.7 Å². The van der Waals surface area contributed by atoms with Crippen LogP contribution in [-0.2, 0) is 0 Å². The monoisotopic (exact) mass is 1400 g/mol. The second-order valence-electron chi connectivity index (χ2n) is 36.2. The van der Waals surface area contributed by atoms with Crippen molar-refractivity contribution >= 4 is 0 Å². The van der Waals surface area contributed by atoms with Crippen LogP contribution in [0.5, 0.6) is 0 Å². The lowest BCUT2D eigenvalue weighted by Gasteiger charge is -2.41. The largest absolute Gasteiger partial charge is 0.388 e. The van der Waals surface area contributed by atoms with Gasteiger partial charge in [-0.25, -0.2) is 0 Å². The van der Waals surface area contributed by atoms with Gasteiger partial charge < -0.3 is 40.9 Å². The summed E-state index contributed by atoms with van der Waals surface area (Å²) in [6.45, 7) is 49.2. The maximum Gasteiger partial charge on any atom is 0.0822 e. The third kappa shape index (κ3) is 17.3. The lowest BCUT2D eigenvalue weighted by Crippen LogP contribution is -2.37. The smallest absolute Gasteiger partial charge is 0.0822 e. The molecule has 17 unspecified atom stereocenters. The Hall–Kier alpha value is -4.74. The first-order valence-corrected chi connectivity index (χ1v) is 40.4. The molecule has 0 aromatic rings. The number of allylic oxidation sites excluding steroid dienone is 17. The van der Waals surface area contributed by atoms with Gasteiger partial charge in [0.15, 0.2) is 0 Å². The minimum absolute atomic E-state index is 0.191. The normalized spacial score (nSPS) is 33.3. The first kappa shape index (κ1) is 81.3. The Morgan fingerprint density at radius 1 is 0.314 bits per heavy atom. The number of rotatable bonds is 17. The predicted octanol–water partition coefficient (Wildman–Crippen LogP) is 20.4. The maximum atomic E-state index is 13.2. The van der Waals surface area contributed by atoms with Crippen molar-refractivity contribution in [3.63, 3.8) is 0 Å². The van der Waals surface area contributed by atoms with Gasteiger partial charge in [0.25, 0.3) is 0 Å². The minimum atomic E-state index is -0.929. The third-order valence-electron chi connectivity index (χ3n) is 28.1. The molecule has 0 heterocycles. The molecule has 0 aromatic heterocycles. The van der Waals surface area contributed by atoms with Crippen molar-refractivity contribution in [2.75, 3.05) is 0 Å². The fraction of sp³-hybridized carbons (Fsp3) is 0.638. The van der Waals surface area contributed by atoms with E-state index in [0.717, 1.165) is 141 Å². The molecular formula is C94H138O8. The quantitative estimate of drug-likeness (QED) is 0.0668. The van der Waals surface area contributed by atoms with E-state index in [9.17, 15) is 40.9 Å². The average Bonchev–Trinajstić information content (AvgIpc) is 0.780. The second-order valence-corrected chi connectivity index (χ2v) is 36.2.